The SMILES string of the molecule is COc1cc(=O)n2c(c1C(=O)N(C)Cc1ccsc1)CCN(C(=O)[C@@H](C)Oc1ccccc1)CC2. The molecule has 0 fully saturated rings. The second-order valence-electron chi connectivity index (χ2n) is 8.47. The molecule has 0 N–H and O–H groups in total. The van der Waals surface area contributed by atoms with Crippen molar-refractivity contribution in [2.75, 3.05) is 27.2 Å². The highest BCUT2D eigenvalue weighted by Crippen LogP contribution is 2.25. The van der Waals surface area contributed by atoms with Gasteiger partial charge in [0.25, 0.3) is 17.4 Å². The Kier molecular flexibility index (Phi) is 7.55. The molecule has 35 heavy (non-hydrogen) atoms. The Morgan fingerprint density at radius 3 is 2.60 bits per heavy atom. The van der Waals surface area contributed by atoms with Crippen LogP contribution in [0.25, 0.3) is 0 Å². The molecule has 0 unspecified atom stereocenters. The van der Waals surface area contributed by atoms with Gasteiger partial charge in [-0.25, -0.2) is 0 Å². The van der Waals surface area contributed by atoms with Gasteiger partial charge in [0.15, 0.2) is 6.10 Å². The molecule has 0 radical (unpaired) electrons. The van der Waals surface area contributed by atoms with E-state index in [1.807, 2.05) is 35.0 Å². The van der Waals surface area contributed by atoms with Crippen LogP contribution in [0.1, 0.15) is 28.5 Å². The zero-order valence-corrected chi connectivity index (χ0v) is 20.9. The van der Waals surface area contributed by atoms with Crippen LogP contribution in [-0.4, -0.2) is 59.5 Å². The molecule has 1 atom stereocenters. The van der Waals surface area contributed by atoms with E-state index in [4.69, 9.17) is 9.47 Å². The van der Waals surface area contributed by atoms with Crippen molar-refractivity contribution in [3.05, 3.63) is 80.4 Å². The van der Waals surface area contributed by atoms with E-state index in [0.29, 0.717) is 43.1 Å². The highest BCUT2D eigenvalue weighted by Gasteiger charge is 2.30. The second-order valence-corrected chi connectivity index (χ2v) is 9.25. The number of methoxy groups -OCH3 is 1. The Balaban J connectivity index is 1.57. The van der Waals surface area contributed by atoms with Crippen molar-refractivity contribution in [1.82, 2.24) is 14.4 Å². The number of carbonyl (C=O) groups is 2. The molecule has 4 rings (SSSR count). The third-order valence-electron chi connectivity index (χ3n) is 6.09. The van der Waals surface area contributed by atoms with Gasteiger partial charge in [-0.15, -0.1) is 0 Å². The number of aromatic nitrogens is 1. The number of para-hydroxylation sites is 1. The average molecular weight is 496 g/mol. The van der Waals surface area contributed by atoms with Crippen LogP contribution in [0.5, 0.6) is 11.5 Å². The molecule has 3 heterocycles. The molecule has 2 aromatic heterocycles. The van der Waals surface area contributed by atoms with E-state index in [-0.39, 0.29) is 29.7 Å². The lowest BCUT2D eigenvalue weighted by molar-refractivity contribution is -0.137. The third kappa shape index (κ3) is 5.40. The summed E-state index contributed by atoms with van der Waals surface area (Å²) < 4.78 is 12.9. The number of thiophene rings is 1. The van der Waals surface area contributed by atoms with Crippen LogP contribution >= 0.6 is 11.3 Å². The molecular formula is C26H29N3O5S. The lowest BCUT2D eigenvalue weighted by Crippen LogP contribution is -2.42. The van der Waals surface area contributed by atoms with Gasteiger partial charge in [-0.2, -0.15) is 11.3 Å². The fraction of sp³-hybridized carbons (Fsp3) is 0.346. The number of pyridine rings is 1. The van der Waals surface area contributed by atoms with Crippen molar-refractivity contribution in [2.24, 2.45) is 0 Å². The molecule has 1 aliphatic heterocycles. The molecule has 2 amide bonds. The molecule has 0 saturated heterocycles. The maximum atomic E-state index is 13.5. The molecule has 0 saturated carbocycles. The lowest BCUT2D eigenvalue weighted by atomic mass is 10.1. The lowest BCUT2D eigenvalue weighted by Gasteiger charge is -2.24. The first-order valence-corrected chi connectivity index (χ1v) is 12.4. The second kappa shape index (κ2) is 10.8. The highest BCUT2D eigenvalue weighted by molar-refractivity contribution is 7.07. The summed E-state index contributed by atoms with van der Waals surface area (Å²) in [6.45, 7) is 3.16. The van der Waals surface area contributed by atoms with Crippen molar-refractivity contribution in [3.8, 4) is 11.5 Å². The van der Waals surface area contributed by atoms with Gasteiger partial charge in [0.2, 0.25) is 0 Å². The molecule has 3 aromatic rings. The number of hydrogen-bond donors (Lipinski definition) is 0. The largest absolute Gasteiger partial charge is 0.496 e. The van der Waals surface area contributed by atoms with Crippen LogP contribution in [0.15, 0.2) is 58.0 Å². The molecule has 1 aromatic carbocycles. The monoisotopic (exact) mass is 495 g/mol. The summed E-state index contributed by atoms with van der Waals surface area (Å²) in [5.74, 6) is 0.486. The summed E-state index contributed by atoms with van der Waals surface area (Å²) in [5, 5.41) is 3.97. The molecule has 0 spiro atoms. The van der Waals surface area contributed by atoms with E-state index >= 15 is 0 Å². The molecular weight excluding hydrogens is 466 g/mol. The van der Waals surface area contributed by atoms with Gasteiger partial charge in [-0.05, 0) is 41.4 Å². The van der Waals surface area contributed by atoms with Crippen LogP contribution in [0.3, 0.4) is 0 Å². The Morgan fingerprint density at radius 2 is 1.91 bits per heavy atom. The fourth-order valence-electron chi connectivity index (χ4n) is 4.29. The quantitative estimate of drug-likeness (QED) is 0.503. The summed E-state index contributed by atoms with van der Waals surface area (Å²) in [5.41, 5.74) is 1.74. The van der Waals surface area contributed by atoms with E-state index in [9.17, 15) is 14.4 Å². The number of amides is 2. The van der Waals surface area contributed by atoms with E-state index in [1.165, 1.54) is 13.2 Å². The van der Waals surface area contributed by atoms with Crippen LogP contribution in [0.2, 0.25) is 0 Å². The Labute approximate surface area is 208 Å². The van der Waals surface area contributed by atoms with E-state index in [1.54, 1.807) is 51.8 Å². The summed E-state index contributed by atoms with van der Waals surface area (Å²) in [4.78, 5) is 42.8. The van der Waals surface area contributed by atoms with Crippen molar-refractivity contribution < 1.29 is 19.1 Å². The van der Waals surface area contributed by atoms with Crippen LogP contribution in [0.4, 0.5) is 0 Å². The number of hydrogen-bond acceptors (Lipinski definition) is 6. The molecule has 8 nitrogen and oxygen atoms in total. The number of carbonyl (C=O) groups excluding carboxylic acids is 2. The van der Waals surface area contributed by atoms with Gasteiger partial charge in [0, 0.05) is 51.4 Å². The first kappa shape index (κ1) is 24.5. The number of benzene rings is 1. The van der Waals surface area contributed by atoms with Crippen LogP contribution in [0, 0.1) is 0 Å². The van der Waals surface area contributed by atoms with Crippen molar-refractivity contribution in [1.29, 1.82) is 0 Å². The number of nitrogens with zero attached hydrogens (tertiary/aromatic N) is 3. The van der Waals surface area contributed by atoms with Crippen LogP contribution in [-0.2, 0) is 24.3 Å². The summed E-state index contributed by atoms with van der Waals surface area (Å²) in [6, 6.07) is 12.5. The first-order chi connectivity index (χ1) is 16.9. The molecule has 0 aliphatic carbocycles. The zero-order valence-electron chi connectivity index (χ0n) is 20.1. The molecule has 9 heteroatoms. The molecule has 1 aliphatic rings. The fourth-order valence-corrected chi connectivity index (χ4v) is 4.95. The standard InChI is InChI=1S/C26H29N3O5S/c1-18(34-20-7-5-4-6-8-20)25(31)28-11-9-21-24(22(33-3)15-23(30)29(21)13-12-28)26(32)27(2)16-19-10-14-35-17-19/h4-8,10,14-15,17-18H,9,11-13,16H2,1-3H3/t18-/m1/s1. The van der Waals surface area contributed by atoms with Gasteiger partial charge >= 0.3 is 0 Å². The van der Waals surface area contributed by atoms with Gasteiger partial charge in [0.1, 0.15) is 17.1 Å². The van der Waals surface area contributed by atoms with Crippen LogP contribution < -0.4 is 15.0 Å². The average Bonchev–Trinajstić information content (AvgIpc) is 3.27. The zero-order chi connectivity index (χ0) is 24.9. The minimum Gasteiger partial charge on any atom is -0.496 e. The summed E-state index contributed by atoms with van der Waals surface area (Å²) in [6.07, 6.45) is -0.327. The number of rotatable bonds is 7. The Hall–Kier alpha value is -3.59. The van der Waals surface area contributed by atoms with E-state index < -0.39 is 6.10 Å². The number of ether oxygens (including phenoxy) is 2. The van der Waals surface area contributed by atoms with Gasteiger partial charge in [-0.3, -0.25) is 14.4 Å². The van der Waals surface area contributed by atoms with Gasteiger partial charge < -0.3 is 23.8 Å². The first-order valence-electron chi connectivity index (χ1n) is 11.5. The smallest absolute Gasteiger partial charge is 0.263 e. The number of fused-ring (bicyclic) bond motifs is 1. The Bertz CT molecular complexity index is 1240. The maximum Gasteiger partial charge on any atom is 0.263 e. The predicted molar refractivity (Wildman–Crippen MR) is 134 cm³/mol. The third-order valence-corrected chi connectivity index (χ3v) is 6.82. The summed E-state index contributed by atoms with van der Waals surface area (Å²) >= 11 is 1.57. The van der Waals surface area contributed by atoms with Gasteiger partial charge in [-0.1, -0.05) is 18.2 Å². The minimum absolute atomic E-state index is 0.163. The predicted octanol–water partition coefficient (Wildman–Crippen LogP) is 3.04. The topological polar surface area (TPSA) is 81.1 Å². The normalized spacial score (nSPS) is 14.0. The van der Waals surface area contributed by atoms with E-state index in [0.717, 1.165) is 5.56 Å². The Morgan fingerprint density at radius 1 is 1.14 bits per heavy atom. The van der Waals surface area contributed by atoms with Gasteiger partial charge in [0.05, 0.1) is 7.11 Å². The van der Waals surface area contributed by atoms with Crippen molar-refractivity contribution >= 4 is 23.2 Å². The van der Waals surface area contributed by atoms with Crippen molar-refractivity contribution in [3.63, 3.8) is 0 Å². The molecule has 184 valence electrons. The maximum absolute atomic E-state index is 13.5. The van der Waals surface area contributed by atoms with Crippen molar-refractivity contribution in [2.45, 2.75) is 32.5 Å². The molecule has 0 bridgehead atoms. The highest BCUT2D eigenvalue weighted by atomic mass is 32.1. The van der Waals surface area contributed by atoms with E-state index in [2.05, 4.69) is 0 Å². The summed E-state index contributed by atoms with van der Waals surface area (Å²) in [7, 11) is 3.19. The minimum atomic E-state index is -0.678.